The molecule has 1 N–H and O–H groups in total. The largest absolute Gasteiger partial charge is 0.337 e. The second kappa shape index (κ2) is 7.57. The molecule has 2 heterocycles. The molecule has 0 aliphatic carbocycles. The Kier molecular flexibility index (Phi) is 5.25. The van der Waals surface area contributed by atoms with Crippen molar-refractivity contribution in [3.63, 3.8) is 0 Å². The Hall–Kier alpha value is -2.21. The molecule has 6 heteroatoms. The van der Waals surface area contributed by atoms with Crippen LogP contribution in [0.15, 0.2) is 30.3 Å². The van der Waals surface area contributed by atoms with Crippen LogP contribution in [-0.2, 0) is 29.0 Å². The number of amides is 2. The summed E-state index contributed by atoms with van der Waals surface area (Å²) in [6.07, 6.45) is 3.13. The van der Waals surface area contributed by atoms with Gasteiger partial charge in [-0.05, 0) is 18.4 Å². The van der Waals surface area contributed by atoms with Gasteiger partial charge in [-0.2, -0.15) is 0 Å². The van der Waals surface area contributed by atoms with E-state index in [1.165, 1.54) is 23.8 Å². The maximum Gasteiger partial charge on any atom is 0.223 e. The molecule has 2 amide bonds. The predicted molar refractivity (Wildman–Crippen MR) is 94.9 cm³/mol. The maximum atomic E-state index is 12.4. The van der Waals surface area contributed by atoms with Crippen molar-refractivity contribution in [3.05, 3.63) is 46.5 Å². The number of fused-ring (bicyclic) bond motifs is 1. The van der Waals surface area contributed by atoms with Crippen molar-refractivity contribution in [3.8, 4) is 0 Å². The zero-order valence-electron chi connectivity index (χ0n) is 13.7. The van der Waals surface area contributed by atoms with Crippen LogP contribution in [0.4, 0.5) is 5.13 Å². The number of nitrogens with zero attached hydrogens (tertiary/aromatic N) is 2. The summed E-state index contributed by atoms with van der Waals surface area (Å²) < 4.78 is 0. The summed E-state index contributed by atoms with van der Waals surface area (Å²) in [7, 11) is 0. The molecule has 1 aliphatic heterocycles. The van der Waals surface area contributed by atoms with Gasteiger partial charge < -0.3 is 10.2 Å². The molecule has 0 fully saturated rings. The number of hydrogen-bond donors (Lipinski definition) is 1. The third kappa shape index (κ3) is 4.20. The number of rotatable bonds is 5. The number of thiazole rings is 1. The van der Waals surface area contributed by atoms with Crippen LogP contribution in [0.5, 0.6) is 0 Å². The highest BCUT2D eigenvalue weighted by Crippen LogP contribution is 2.28. The van der Waals surface area contributed by atoms with Gasteiger partial charge in [-0.15, -0.1) is 0 Å². The molecule has 1 aromatic carbocycles. The van der Waals surface area contributed by atoms with Crippen LogP contribution in [0.25, 0.3) is 0 Å². The zero-order chi connectivity index (χ0) is 16.9. The van der Waals surface area contributed by atoms with E-state index in [4.69, 9.17) is 0 Å². The molecule has 0 atom stereocenters. The Morgan fingerprint density at radius 1 is 1.29 bits per heavy atom. The van der Waals surface area contributed by atoms with Gasteiger partial charge in [0.1, 0.15) is 0 Å². The lowest BCUT2D eigenvalue weighted by molar-refractivity contribution is -0.132. The minimum Gasteiger partial charge on any atom is -0.337 e. The van der Waals surface area contributed by atoms with Crippen molar-refractivity contribution < 1.29 is 9.59 Å². The Labute approximate surface area is 145 Å². The highest BCUT2D eigenvalue weighted by molar-refractivity contribution is 7.15. The van der Waals surface area contributed by atoms with Gasteiger partial charge in [0.25, 0.3) is 0 Å². The van der Waals surface area contributed by atoms with Crippen LogP contribution in [0.3, 0.4) is 0 Å². The van der Waals surface area contributed by atoms with E-state index in [9.17, 15) is 9.59 Å². The van der Waals surface area contributed by atoms with E-state index in [2.05, 4.69) is 22.4 Å². The van der Waals surface area contributed by atoms with Crippen molar-refractivity contribution in [1.82, 2.24) is 9.88 Å². The van der Waals surface area contributed by atoms with Crippen LogP contribution in [0.2, 0.25) is 0 Å². The van der Waals surface area contributed by atoms with Crippen molar-refractivity contribution >= 4 is 28.3 Å². The fraction of sp³-hybridized carbons (Fsp3) is 0.389. The first-order valence-corrected chi connectivity index (χ1v) is 9.01. The summed E-state index contributed by atoms with van der Waals surface area (Å²) in [5.41, 5.74) is 2.28. The van der Waals surface area contributed by atoms with Crippen LogP contribution < -0.4 is 5.32 Å². The van der Waals surface area contributed by atoms with Gasteiger partial charge >= 0.3 is 0 Å². The number of anilines is 1. The number of aromatic nitrogens is 1. The van der Waals surface area contributed by atoms with Crippen molar-refractivity contribution in [2.45, 2.75) is 39.2 Å². The first-order chi connectivity index (χ1) is 11.6. The molecule has 3 rings (SSSR count). The monoisotopic (exact) mass is 343 g/mol. The molecule has 5 nitrogen and oxygen atoms in total. The SMILES string of the molecule is CC(=O)Nc1nc2c(s1)CN(C(=O)CCCc1ccccc1)CC2. The van der Waals surface area contributed by atoms with E-state index >= 15 is 0 Å². The number of carbonyl (C=O) groups is 2. The predicted octanol–water partition coefficient (Wildman–Crippen LogP) is 3.01. The number of benzene rings is 1. The summed E-state index contributed by atoms with van der Waals surface area (Å²) >= 11 is 1.47. The minimum absolute atomic E-state index is 0.116. The average molecular weight is 343 g/mol. The van der Waals surface area contributed by atoms with Gasteiger partial charge in [0.2, 0.25) is 11.8 Å². The third-order valence-corrected chi connectivity index (χ3v) is 5.06. The molecule has 0 saturated carbocycles. The molecule has 0 bridgehead atoms. The van der Waals surface area contributed by atoms with E-state index in [0.29, 0.717) is 24.6 Å². The fourth-order valence-corrected chi connectivity index (χ4v) is 3.93. The molecule has 126 valence electrons. The number of hydrogen-bond acceptors (Lipinski definition) is 4. The highest BCUT2D eigenvalue weighted by Gasteiger charge is 2.24. The van der Waals surface area contributed by atoms with Crippen molar-refractivity contribution in [2.75, 3.05) is 11.9 Å². The van der Waals surface area contributed by atoms with Gasteiger partial charge in [-0.3, -0.25) is 9.59 Å². The molecule has 0 saturated heterocycles. The molecule has 2 aromatic rings. The van der Waals surface area contributed by atoms with Crippen LogP contribution >= 0.6 is 11.3 Å². The van der Waals surface area contributed by atoms with Crippen molar-refractivity contribution in [1.29, 1.82) is 0 Å². The molecule has 24 heavy (non-hydrogen) atoms. The summed E-state index contributed by atoms with van der Waals surface area (Å²) in [6.45, 7) is 2.79. The number of nitrogens with one attached hydrogen (secondary N) is 1. The molecule has 1 aliphatic rings. The first kappa shape index (κ1) is 16.6. The topological polar surface area (TPSA) is 62.3 Å². The van der Waals surface area contributed by atoms with Crippen LogP contribution in [0.1, 0.15) is 35.9 Å². The summed E-state index contributed by atoms with van der Waals surface area (Å²) in [5, 5.41) is 3.35. The Morgan fingerprint density at radius 2 is 2.08 bits per heavy atom. The summed E-state index contributed by atoms with van der Waals surface area (Å²) in [6, 6.07) is 10.3. The van der Waals surface area contributed by atoms with Gasteiger partial charge in [-0.1, -0.05) is 41.7 Å². The normalized spacial score (nSPS) is 13.5. The van der Waals surface area contributed by atoms with Gasteiger partial charge in [0.15, 0.2) is 5.13 Å². The lowest BCUT2D eigenvalue weighted by atomic mass is 10.1. The first-order valence-electron chi connectivity index (χ1n) is 8.19. The fourth-order valence-electron chi connectivity index (χ4n) is 2.86. The summed E-state index contributed by atoms with van der Waals surface area (Å²) in [4.78, 5) is 31.0. The maximum absolute atomic E-state index is 12.4. The zero-order valence-corrected chi connectivity index (χ0v) is 14.6. The van der Waals surface area contributed by atoms with Gasteiger partial charge in [0, 0.05) is 31.2 Å². The Balaban J connectivity index is 1.52. The number of aryl methyl sites for hydroxylation is 1. The lowest BCUT2D eigenvalue weighted by Gasteiger charge is -2.26. The van der Waals surface area contributed by atoms with E-state index in [-0.39, 0.29) is 11.8 Å². The standard InChI is InChI=1S/C18H21N3O2S/c1-13(22)19-18-20-15-10-11-21(12-16(15)24-18)17(23)9-5-8-14-6-3-2-4-7-14/h2-4,6-7H,5,8-12H2,1H3,(H,19,20,22). The quantitative estimate of drug-likeness (QED) is 0.908. The van der Waals surface area contributed by atoms with E-state index in [1.807, 2.05) is 23.1 Å². The van der Waals surface area contributed by atoms with Crippen molar-refractivity contribution in [2.24, 2.45) is 0 Å². The molecule has 0 spiro atoms. The number of carbonyl (C=O) groups excluding carboxylic acids is 2. The average Bonchev–Trinajstić information content (AvgIpc) is 2.96. The lowest BCUT2D eigenvalue weighted by Crippen LogP contribution is -2.35. The molecule has 0 unspecified atom stereocenters. The second-order valence-electron chi connectivity index (χ2n) is 5.97. The van der Waals surface area contributed by atoms with Gasteiger partial charge in [-0.25, -0.2) is 4.98 Å². The molecule has 1 aromatic heterocycles. The van der Waals surface area contributed by atoms with Crippen LogP contribution in [0, 0.1) is 0 Å². The Morgan fingerprint density at radius 3 is 2.83 bits per heavy atom. The second-order valence-corrected chi connectivity index (χ2v) is 7.06. The molecular weight excluding hydrogens is 322 g/mol. The van der Waals surface area contributed by atoms with E-state index in [0.717, 1.165) is 29.8 Å². The third-order valence-electron chi connectivity index (χ3n) is 4.07. The molecular formula is C18H21N3O2S. The highest BCUT2D eigenvalue weighted by atomic mass is 32.1. The summed E-state index contributed by atoms with van der Waals surface area (Å²) in [5.74, 6) is 0.0843. The molecule has 0 radical (unpaired) electrons. The van der Waals surface area contributed by atoms with E-state index < -0.39 is 0 Å². The van der Waals surface area contributed by atoms with E-state index in [1.54, 1.807) is 0 Å². The van der Waals surface area contributed by atoms with Gasteiger partial charge in [0.05, 0.1) is 12.2 Å². The Bertz CT molecular complexity index is 727. The van der Waals surface area contributed by atoms with Crippen LogP contribution in [-0.4, -0.2) is 28.2 Å². The minimum atomic E-state index is -0.116. The smallest absolute Gasteiger partial charge is 0.223 e.